The minimum absolute atomic E-state index is 0.120. The highest BCUT2D eigenvalue weighted by molar-refractivity contribution is 9.10. The highest BCUT2D eigenvalue weighted by Crippen LogP contribution is 2.25. The Morgan fingerprint density at radius 2 is 2.22 bits per heavy atom. The van der Waals surface area contributed by atoms with E-state index in [0.717, 1.165) is 5.69 Å². The number of benzene rings is 1. The van der Waals surface area contributed by atoms with E-state index in [-0.39, 0.29) is 11.6 Å². The summed E-state index contributed by atoms with van der Waals surface area (Å²) in [6, 6.07) is 4.56. The highest BCUT2D eigenvalue weighted by atomic mass is 79.9. The van der Waals surface area contributed by atoms with Crippen molar-refractivity contribution < 1.29 is 9.13 Å². The van der Waals surface area contributed by atoms with Gasteiger partial charge in [-0.3, -0.25) is 4.98 Å². The third kappa shape index (κ3) is 3.24. The SMILES string of the molecule is CNCc1cncc(Oc2ccc(Br)cc2F)n1. The minimum Gasteiger partial charge on any atom is -0.434 e. The lowest BCUT2D eigenvalue weighted by molar-refractivity contribution is 0.423. The van der Waals surface area contributed by atoms with Gasteiger partial charge >= 0.3 is 0 Å². The predicted octanol–water partition coefficient (Wildman–Crippen LogP) is 2.89. The largest absolute Gasteiger partial charge is 0.434 e. The molecule has 0 fully saturated rings. The normalized spacial score (nSPS) is 10.4. The summed E-state index contributed by atoms with van der Waals surface area (Å²) in [4.78, 5) is 8.18. The fourth-order valence-electron chi connectivity index (χ4n) is 1.37. The van der Waals surface area contributed by atoms with Gasteiger partial charge in [0.1, 0.15) is 0 Å². The predicted molar refractivity (Wildman–Crippen MR) is 69.0 cm³/mol. The second-order valence-corrected chi connectivity index (χ2v) is 4.47. The number of ether oxygens (including phenoxy) is 1. The van der Waals surface area contributed by atoms with E-state index < -0.39 is 5.82 Å². The van der Waals surface area contributed by atoms with Crippen molar-refractivity contribution in [1.29, 1.82) is 0 Å². The molecular weight excluding hydrogens is 301 g/mol. The van der Waals surface area contributed by atoms with Gasteiger partial charge in [0.2, 0.25) is 5.88 Å². The molecule has 0 unspecified atom stereocenters. The summed E-state index contributed by atoms with van der Waals surface area (Å²) in [6.07, 6.45) is 3.07. The lowest BCUT2D eigenvalue weighted by Gasteiger charge is -2.07. The van der Waals surface area contributed by atoms with E-state index in [1.165, 1.54) is 18.3 Å². The van der Waals surface area contributed by atoms with Crippen LogP contribution in [0.25, 0.3) is 0 Å². The third-order valence-electron chi connectivity index (χ3n) is 2.13. The maximum Gasteiger partial charge on any atom is 0.238 e. The molecule has 0 aliphatic heterocycles. The number of rotatable bonds is 4. The van der Waals surface area contributed by atoms with Crippen molar-refractivity contribution in [3.8, 4) is 11.6 Å². The summed E-state index contributed by atoms with van der Waals surface area (Å²) in [5, 5.41) is 2.96. The van der Waals surface area contributed by atoms with Crippen molar-refractivity contribution >= 4 is 15.9 Å². The first-order chi connectivity index (χ1) is 8.69. The Kier molecular flexibility index (Phi) is 4.22. The molecule has 94 valence electrons. The van der Waals surface area contributed by atoms with E-state index in [2.05, 4.69) is 31.2 Å². The molecule has 0 aliphatic rings. The molecule has 4 nitrogen and oxygen atoms in total. The maximum atomic E-state index is 13.6. The standard InChI is InChI=1S/C12H11BrFN3O/c1-15-5-9-6-16-7-12(17-9)18-11-3-2-8(13)4-10(11)14/h2-4,6-7,15H,5H2,1H3. The maximum absolute atomic E-state index is 13.6. The van der Waals surface area contributed by atoms with E-state index in [9.17, 15) is 4.39 Å². The zero-order valence-electron chi connectivity index (χ0n) is 9.65. The summed E-state index contributed by atoms with van der Waals surface area (Å²) < 4.78 is 19.6. The smallest absolute Gasteiger partial charge is 0.238 e. The molecule has 6 heteroatoms. The van der Waals surface area contributed by atoms with Gasteiger partial charge in [0.05, 0.1) is 11.9 Å². The van der Waals surface area contributed by atoms with E-state index in [0.29, 0.717) is 11.0 Å². The molecule has 0 saturated heterocycles. The Balaban J connectivity index is 2.20. The molecule has 0 bridgehead atoms. The molecule has 2 aromatic rings. The van der Waals surface area contributed by atoms with Crippen LogP contribution in [0, 0.1) is 5.82 Å². The molecule has 0 radical (unpaired) electrons. The van der Waals surface area contributed by atoms with E-state index in [1.807, 2.05) is 7.05 Å². The number of hydrogen-bond acceptors (Lipinski definition) is 4. The molecule has 1 N–H and O–H groups in total. The van der Waals surface area contributed by atoms with Crippen molar-refractivity contribution in [2.45, 2.75) is 6.54 Å². The van der Waals surface area contributed by atoms with Gasteiger partial charge < -0.3 is 10.1 Å². The number of aromatic nitrogens is 2. The zero-order chi connectivity index (χ0) is 13.0. The summed E-state index contributed by atoms with van der Waals surface area (Å²) in [5.74, 6) is -0.0664. The average Bonchev–Trinajstić information content (AvgIpc) is 2.34. The monoisotopic (exact) mass is 311 g/mol. The van der Waals surface area contributed by atoms with Gasteiger partial charge in [-0.2, -0.15) is 0 Å². The van der Waals surface area contributed by atoms with E-state index in [1.54, 1.807) is 12.3 Å². The van der Waals surface area contributed by atoms with Crippen LogP contribution in [0.1, 0.15) is 5.69 Å². The van der Waals surface area contributed by atoms with Crippen LogP contribution >= 0.6 is 15.9 Å². The topological polar surface area (TPSA) is 47.0 Å². The number of halogens is 2. The second-order valence-electron chi connectivity index (χ2n) is 3.56. The third-order valence-corrected chi connectivity index (χ3v) is 2.62. The number of nitrogens with one attached hydrogen (secondary N) is 1. The van der Waals surface area contributed by atoms with Crippen molar-refractivity contribution in [1.82, 2.24) is 15.3 Å². The first-order valence-corrected chi connectivity index (χ1v) is 6.07. The van der Waals surface area contributed by atoms with Crippen LogP contribution in [0.4, 0.5) is 4.39 Å². The zero-order valence-corrected chi connectivity index (χ0v) is 11.2. The first-order valence-electron chi connectivity index (χ1n) is 5.27. The Hall–Kier alpha value is -1.53. The van der Waals surface area contributed by atoms with Gasteiger partial charge in [-0.1, -0.05) is 15.9 Å². The molecule has 0 spiro atoms. The Morgan fingerprint density at radius 1 is 1.39 bits per heavy atom. The van der Waals surface area contributed by atoms with Crippen molar-refractivity contribution in [3.05, 3.63) is 46.6 Å². The molecule has 0 aliphatic carbocycles. The fraction of sp³-hybridized carbons (Fsp3) is 0.167. The Bertz CT molecular complexity index is 551. The number of hydrogen-bond donors (Lipinski definition) is 1. The summed E-state index contributed by atoms with van der Waals surface area (Å²) >= 11 is 3.18. The van der Waals surface area contributed by atoms with Gasteiger partial charge in [-0.05, 0) is 25.2 Å². The average molecular weight is 312 g/mol. The summed E-state index contributed by atoms with van der Waals surface area (Å²) in [7, 11) is 1.81. The van der Waals surface area contributed by atoms with Crippen LogP contribution in [-0.4, -0.2) is 17.0 Å². The number of nitrogens with zero attached hydrogens (tertiary/aromatic N) is 2. The van der Waals surface area contributed by atoms with Crippen LogP contribution in [0.3, 0.4) is 0 Å². The molecule has 1 aromatic carbocycles. The van der Waals surface area contributed by atoms with E-state index in [4.69, 9.17) is 4.74 Å². The second kappa shape index (κ2) is 5.88. The van der Waals surface area contributed by atoms with Crippen LogP contribution in [0.2, 0.25) is 0 Å². The lowest BCUT2D eigenvalue weighted by atomic mass is 10.3. The van der Waals surface area contributed by atoms with Gasteiger partial charge in [-0.25, -0.2) is 9.37 Å². The van der Waals surface area contributed by atoms with Crippen molar-refractivity contribution in [2.75, 3.05) is 7.05 Å². The van der Waals surface area contributed by atoms with Crippen LogP contribution in [0.5, 0.6) is 11.6 Å². The van der Waals surface area contributed by atoms with Crippen molar-refractivity contribution in [2.24, 2.45) is 0 Å². The van der Waals surface area contributed by atoms with E-state index >= 15 is 0 Å². The molecule has 0 amide bonds. The van der Waals surface area contributed by atoms with Gasteiger partial charge in [0.25, 0.3) is 0 Å². The van der Waals surface area contributed by atoms with Gasteiger partial charge in [0, 0.05) is 17.2 Å². The Labute approximate surface area is 112 Å². The summed E-state index contributed by atoms with van der Waals surface area (Å²) in [6.45, 7) is 0.576. The quantitative estimate of drug-likeness (QED) is 0.943. The molecule has 2 rings (SSSR count). The fourth-order valence-corrected chi connectivity index (χ4v) is 1.71. The summed E-state index contributed by atoms with van der Waals surface area (Å²) in [5.41, 5.74) is 0.729. The molecule has 1 heterocycles. The van der Waals surface area contributed by atoms with Crippen LogP contribution < -0.4 is 10.1 Å². The lowest BCUT2D eigenvalue weighted by Crippen LogP contribution is -2.07. The van der Waals surface area contributed by atoms with Gasteiger partial charge in [-0.15, -0.1) is 0 Å². The molecule has 1 aromatic heterocycles. The molecule has 0 atom stereocenters. The molecule has 18 heavy (non-hydrogen) atoms. The van der Waals surface area contributed by atoms with Crippen molar-refractivity contribution in [3.63, 3.8) is 0 Å². The van der Waals surface area contributed by atoms with Crippen LogP contribution in [0.15, 0.2) is 35.1 Å². The van der Waals surface area contributed by atoms with Gasteiger partial charge in [0.15, 0.2) is 11.6 Å². The first kappa shape index (κ1) is 12.9. The molecular formula is C12H11BrFN3O. The Morgan fingerprint density at radius 3 is 2.94 bits per heavy atom. The highest BCUT2D eigenvalue weighted by Gasteiger charge is 2.07. The van der Waals surface area contributed by atoms with Crippen LogP contribution in [-0.2, 0) is 6.54 Å². The molecule has 0 saturated carbocycles. The minimum atomic E-state index is -0.454.